The first kappa shape index (κ1) is 15.0. The van der Waals surface area contributed by atoms with Crippen LogP contribution in [0, 0.1) is 0 Å². The molecule has 2 heterocycles. The fourth-order valence-corrected chi connectivity index (χ4v) is 2.98. The number of aromatic nitrogens is 1. The molecule has 2 aromatic rings. The molecule has 1 aliphatic rings. The molecule has 116 valence electrons. The Kier molecular flexibility index (Phi) is 5.03. The van der Waals surface area contributed by atoms with E-state index in [1.807, 2.05) is 12.3 Å². The number of piperidine rings is 1. The van der Waals surface area contributed by atoms with Crippen LogP contribution >= 0.6 is 0 Å². The first-order chi connectivity index (χ1) is 10.9. The average Bonchev–Trinajstić information content (AvgIpc) is 2.61. The van der Waals surface area contributed by atoms with Crippen molar-refractivity contribution in [3.8, 4) is 0 Å². The van der Waals surface area contributed by atoms with Crippen molar-refractivity contribution in [2.75, 3.05) is 25.1 Å². The van der Waals surface area contributed by atoms with Gasteiger partial charge in [-0.1, -0.05) is 36.4 Å². The molecular weight excluding hydrogens is 276 g/mol. The lowest BCUT2D eigenvalue weighted by Gasteiger charge is -2.33. The Hall–Kier alpha value is -1.91. The molecule has 0 radical (unpaired) electrons. The molecule has 1 aromatic carbocycles. The number of nitrogens with zero attached hydrogens (tertiary/aromatic N) is 2. The highest BCUT2D eigenvalue weighted by atomic mass is 17.2. The van der Waals surface area contributed by atoms with Crippen LogP contribution in [0.1, 0.15) is 29.9 Å². The highest BCUT2D eigenvalue weighted by molar-refractivity contribution is 5.40. The van der Waals surface area contributed by atoms with Crippen LogP contribution in [0.3, 0.4) is 0 Å². The summed E-state index contributed by atoms with van der Waals surface area (Å²) in [7, 11) is 1.51. The maximum absolute atomic E-state index is 4.91. The topological polar surface area (TPSA) is 34.6 Å². The maximum atomic E-state index is 4.91. The minimum atomic E-state index is 0.430. The van der Waals surface area contributed by atoms with Crippen LogP contribution in [0.4, 0.5) is 5.82 Å². The SMILES string of the molecule is COOCc1ccc(N2CCC(c3ccccc3)CC2)nc1. The minimum absolute atomic E-state index is 0.430. The fourth-order valence-electron chi connectivity index (χ4n) is 2.98. The van der Waals surface area contributed by atoms with Crippen LogP contribution in [-0.2, 0) is 16.4 Å². The second-order valence-electron chi connectivity index (χ2n) is 5.63. The normalized spacial score (nSPS) is 16.0. The Morgan fingerprint density at radius 2 is 1.86 bits per heavy atom. The molecule has 0 unspecified atom stereocenters. The molecule has 1 aliphatic heterocycles. The lowest BCUT2D eigenvalue weighted by molar-refractivity contribution is -0.282. The third-order valence-corrected chi connectivity index (χ3v) is 4.24. The molecule has 0 saturated carbocycles. The van der Waals surface area contributed by atoms with E-state index >= 15 is 0 Å². The van der Waals surface area contributed by atoms with Gasteiger partial charge in [-0.3, -0.25) is 0 Å². The summed E-state index contributed by atoms with van der Waals surface area (Å²) in [4.78, 5) is 16.4. The van der Waals surface area contributed by atoms with E-state index in [-0.39, 0.29) is 0 Å². The fraction of sp³-hybridized carbons (Fsp3) is 0.389. The molecular formula is C18H22N2O2. The van der Waals surface area contributed by atoms with Crippen molar-refractivity contribution in [1.82, 2.24) is 4.98 Å². The van der Waals surface area contributed by atoms with Gasteiger partial charge in [-0.25, -0.2) is 14.8 Å². The minimum Gasteiger partial charge on any atom is -0.357 e. The van der Waals surface area contributed by atoms with Crippen LogP contribution in [0.15, 0.2) is 48.7 Å². The van der Waals surface area contributed by atoms with Crippen molar-refractivity contribution in [2.24, 2.45) is 0 Å². The number of hydrogen-bond acceptors (Lipinski definition) is 4. The second-order valence-corrected chi connectivity index (χ2v) is 5.63. The predicted octanol–water partition coefficient (Wildman–Crippen LogP) is 3.54. The molecule has 22 heavy (non-hydrogen) atoms. The van der Waals surface area contributed by atoms with Crippen LogP contribution in [0.2, 0.25) is 0 Å². The van der Waals surface area contributed by atoms with Gasteiger partial charge in [0.15, 0.2) is 0 Å². The Balaban J connectivity index is 1.57. The summed E-state index contributed by atoms with van der Waals surface area (Å²) in [6.07, 6.45) is 4.22. The van der Waals surface area contributed by atoms with Crippen molar-refractivity contribution in [3.05, 3.63) is 59.8 Å². The highest BCUT2D eigenvalue weighted by Gasteiger charge is 2.21. The van der Waals surface area contributed by atoms with Crippen LogP contribution < -0.4 is 4.90 Å². The summed E-state index contributed by atoms with van der Waals surface area (Å²) in [6.45, 7) is 2.54. The van der Waals surface area contributed by atoms with Gasteiger partial charge >= 0.3 is 0 Å². The molecule has 1 aromatic heterocycles. The molecule has 0 amide bonds. The largest absolute Gasteiger partial charge is 0.357 e. The summed E-state index contributed by atoms with van der Waals surface area (Å²) >= 11 is 0. The highest BCUT2D eigenvalue weighted by Crippen LogP contribution is 2.29. The number of hydrogen-bond donors (Lipinski definition) is 0. The number of anilines is 1. The van der Waals surface area contributed by atoms with Gasteiger partial charge in [0.2, 0.25) is 0 Å². The lowest BCUT2D eigenvalue weighted by Crippen LogP contribution is -2.33. The molecule has 0 spiro atoms. The van der Waals surface area contributed by atoms with Crippen molar-refractivity contribution in [1.29, 1.82) is 0 Å². The van der Waals surface area contributed by atoms with E-state index in [9.17, 15) is 0 Å². The van der Waals surface area contributed by atoms with Crippen LogP contribution in [0.25, 0.3) is 0 Å². The molecule has 0 N–H and O–H groups in total. The van der Waals surface area contributed by atoms with Gasteiger partial charge in [0.25, 0.3) is 0 Å². The zero-order chi connectivity index (χ0) is 15.2. The molecule has 0 aliphatic carbocycles. The van der Waals surface area contributed by atoms with E-state index < -0.39 is 0 Å². The summed E-state index contributed by atoms with van der Waals surface area (Å²) in [5.74, 6) is 1.72. The van der Waals surface area contributed by atoms with E-state index in [1.165, 1.54) is 25.5 Å². The first-order valence-electron chi connectivity index (χ1n) is 7.77. The Labute approximate surface area is 131 Å². The quantitative estimate of drug-likeness (QED) is 0.624. The first-order valence-corrected chi connectivity index (χ1v) is 7.77. The Bertz CT molecular complexity index is 563. The van der Waals surface area contributed by atoms with Gasteiger partial charge in [-0.15, -0.1) is 0 Å². The smallest absolute Gasteiger partial charge is 0.128 e. The molecule has 0 bridgehead atoms. The average molecular weight is 298 g/mol. The van der Waals surface area contributed by atoms with Crippen molar-refractivity contribution in [2.45, 2.75) is 25.4 Å². The van der Waals surface area contributed by atoms with Gasteiger partial charge in [-0.05, 0) is 36.0 Å². The van der Waals surface area contributed by atoms with E-state index in [4.69, 9.17) is 4.89 Å². The van der Waals surface area contributed by atoms with Gasteiger partial charge in [0.05, 0.1) is 7.11 Å². The Morgan fingerprint density at radius 1 is 1.09 bits per heavy atom. The van der Waals surface area contributed by atoms with Gasteiger partial charge < -0.3 is 4.90 Å². The van der Waals surface area contributed by atoms with E-state index in [0.717, 1.165) is 24.5 Å². The molecule has 1 saturated heterocycles. The zero-order valence-electron chi connectivity index (χ0n) is 12.9. The molecule has 0 atom stereocenters. The molecule has 4 nitrogen and oxygen atoms in total. The van der Waals surface area contributed by atoms with E-state index in [0.29, 0.717) is 12.5 Å². The molecule has 1 fully saturated rings. The number of pyridine rings is 1. The van der Waals surface area contributed by atoms with Gasteiger partial charge in [0.1, 0.15) is 12.4 Å². The Morgan fingerprint density at radius 3 is 2.50 bits per heavy atom. The summed E-state index contributed by atoms with van der Waals surface area (Å²) < 4.78 is 0. The third-order valence-electron chi connectivity index (χ3n) is 4.24. The number of benzene rings is 1. The van der Waals surface area contributed by atoms with Gasteiger partial charge in [0, 0.05) is 19.3 Å². The van der Waals surface area contributed by atoms with E-state index in [1.54, 1.807) is 0 Å². The van der Waals surface area contributed by atoms with Crippen molar-refractivity contribution in [3.63, 3.8) is 0 Å². The van der Waals surface area contributed by atoms with Crippen LogP contribution in [0.5, 0.6) is 0 Å². The summed E-state index contributed by atoms with van der Waals surface area (Å²) in [6, 6.07) is 14.9. The zero-order valence-corrected chi connectivity index (χ0v) is 12.9. The van der Waals surface area contributed by atoms with Crippen molar-refractivity contribution >= 4 is 5.82 Å². The lowest BCUT2D eigenvalue weighted by atomic mass is 9.89. The van der Waals surface area contributed by atoms with E-state index in [2.05, 4.69) is 51.2 Å². The third kappa shape index (κ3) is 3.64. The standard InChI is InChI=1S/C18H22N2O2/c1-21-22-14-15-7-8-18(19-13-15)20-11-9-17(10-12-20)16-5-3-2-4-6-16/h2-8,13,17H,9-12,14H2,1H3. The monoisotopic (exact) mass is 298 g/mol. The van der Waals surface area contributed by atoms with Crippen molar-refractivity contribution < 1.29 is 9.78 Å². The molecule has 4 heteroatoms. The predicted molar refractivity (Wildman–Crippen MR) is 86.7 cm³/mol. The van der Waals surface area contributed by atoms with Gasteiger partial charge in [-0.2, -0.15) is 0 Å². The van der Waals surface area contributed by atoms with Crippen LogP contribution in [-0.4, -0.2) is 25.2 Å². The summed E-state index contributed by atoms with van der Waals surface area (Å²) in [5, 5.41) is 0. The second kappa shape index (κ2) is 7.38. The maximum Gasteiger partial charge on any atom is 0.128 e. The summed E-state index contributed by atoms with van der Waals surface area (Å²) in [5.41, 5.74) is 2.48. The number of rotatable bonds is 5. The molecule has 3 rings (SSSR count).